The number of carbonyl (C=O) groups is 1. The van der Waals surface area contributed by atoms with Gasteiger partial charge in [0, 0.05) is 0 Å². The maximum absolute atomic E-state index is 12.2. The molecule has 0 aliphatic carbocycles. The van der Waals surface area contributed by atoms with E-state index in [0.717, 1.165) is 11.1 Å². The van der Waals surface area contributed by atoms with Gasteiger partial charge in [-0.1, -0.05) is 49.8 Å². The number of hydrogen-bond acceptors (Lipinski definition) is 2. The number of hydrogen-bond donors (Lipinski definition) is 0. The molecule has 0 bridgehead atoms. The highest BCUT2D eigenvalue weighted by Crippen LogP contribution is 2.17. The first-order chi connectivity index (χ1) is 8.83. The molecule has 2 nitrogen and oxygen atoms in total. The van der Waals surface area contributed by atoms with Crippen LogP contribution >= 0.6 is 0 Å². The molecule has 1 rings (SSSR count). The lowest BCUT2D eigenvalue weighted by molar-refractivity contribution is -0.136. The van der Waals surface area contributed by atoms with Gasteiger partial charge in [-0.3, -0.25) is 4.79 Å². The van der Waals surface area contributed by atoms with Crippen molar-refractivity contribution >= 4 is 5.78 Å². The molecule has 1 aromatic carbocycles. The van der Waals surface area contributed by atoms with Crippen molar-refractivity contribution in [2.75, 3.05) is 0 Å². The van der Waals surface area contributed by atoms with Gasteiger partial charge in [-0.25, -0.2) is 0 Å². The van der Waals surface area contributed by atoms with E-state index >= 15 is 0 Å². The maximum Gasteiger partial charge on any atom is 0.186 e. The highest BCUT2D eigenvalue weighted by molar-refractivity contribution is 5.96. The Morgan fingerprint density at radius 1 is 1.26 bits per heavy atom. The zero-order valence-corrected chi connectivity index (χ0v) is 12.6. The monoisotopic (exact) mass is 260 g/mol. The average Bonchev–Trinajstić information content (AvgIpc) is 2.37. The van der Waals surface area contributed by atoms with Crippen LogP contribution in [0.15, 0.2) is 42.0 Å². The van der Waals surface area contributed by atoms with Crippen LogP contribution in [0.3, 0.4) is 0 Å². The quantitative estimate of drug-likeness (QED) is 0.718. The van der Waals surface area contributed by atoms with Gasteiger partial charge in [0.1, 0.15) is 5.60 Å². The summed E-state index contributed by atoms with van der Waals surface area (Å²) in [7, 11) is 0. The summed E-state index contributed by atoms with van der Waals surface area (Å²) in [5, 5.41) is 0. The van der Waals surface area contributed by atoms with Crippen LogP contribution in [-0.2, 0) is 16.1 Å². The van der Waals surface area contributed by atoms with Gasteiger partial charge in [0.15, 0.2) is 5.78 Å². The van der Waals surface area contributed by atoms with Crippen molar-refractivity contribution in [3.8, 4) is 0 Å². The third-order valence-electron chi connectivity index (χ3n) is 3.31. The Labute approximate surface area is 116 Å². The zero-order chi connectivity index (χ0) is 14.5. The molecule has 0 fully saturated rings. The minimum absolute atomic E-state index is 0.0228. The van der Waals surface area contributed by atoms with E-state index in [4.69, 9.17) is 4.74 Å². The lowest BCUT2D eigenvalue weighted by Crippen LogP contribution is -2.33. The van der Waals surface area contributed by atoms with Gasteiger partial charge in [-0.05, 0) is 38.3 Å². The molecule has 0 amide bonds. The van der Waals surface area contributed by atoms with E-state index in [2.05, 4.69) is 13.8 Å². The minimum Gasteiger partial charge on any atom is -0.363 e. The number of ketones is 1. The van der Waals surface area contributed by atoms with Crippen LogP contribution in [-0.4, -0.2) is 11.4 Å². The van der Waals surface area contributed by atoms with Gasteiger partial charge < -0.3 is 4.74 Å². The predicted octanol–water partition coefficient (Wildman–Crippen LogP) is 4.15. The Morgan fingerprint density at radius 2 is 1.84 bits per heavy atom. The molecular weight excluding hydrogens is 236 g/mol. The van der Waals surface area contributed by atoms with E-state index in [1.807, 2.05) is 51.1 Å². The van der Waals surface area contributed by atoms with Crippen LogP contribution < -0.4 is 0 Å². The Kier molecular flexibility index (Phi) is 5.49. The topological polar surface area (TPSA) is 26.3 Å². The summed E-state index contributed by atoms with van der Waals surface area (Å²) in [5.74, 6) is 0.406. The van der Waals surface area contributed by atoms with Crippen LogP contribution in [0, 0.1) is 5.92 Å². The standard InChI is InChI=1S/C17H24O2/c1-13(2)14(3)11-16(18)17(4,5)19-12-15-9-7-6-8-10-15/h6-11,13H,12H2,1-5H3/b14-11+. The molecule has 1 aromatic rings. The van der Waals surface area contributed by atoms with Gasteiger partial charge in [0.05, 0.1) is 6.61 Å². The molecule has 0 N–H and O–H groups in total. The smallest absolute Gasteiger partial charge is 0.186 e. The summed E-state index contributed by atoms with van der Waals surface area (Å²) in [5.41, 5.74) is 1.38. The van der Waals surface area contributed by atoms with Crippen molar-refractivity contribution in [3.05, 3.63) is 47.5 Å². The fourth-order valence-corrected chi connectivity index (χ4v) is 1.46. The van der Waals surface area contributed by atoms with E-state index in [1.165, 1.54) is 0 Å². The van der Waals surface area contributed by atoms with Crippen molar-refractivity contribution in [1.82, 2.24) is 0 Å². The average molecular weight is 260 g/mol. The minimum atomic E-state index is -0.786. The second-order valence-electron chi connectivity index (χ2n) is 5.69. The van der Waals surface area contributed by atoms with Gasteiger partial charge >= 0.3 is 0 Å². The summed E-state index contributed by atoms with van der Waals surface area (Å²) < 4.78 is 5.76. The van der Waals surface area contributed by atoms with Crippen molar-refractivity contribution in [3.63, 3.8) is 0 Å². The van der Waals surface area contributed by atoms with E-state index in [-0.39, 0.29) is 5.78 Å². The van der Waals surface area contributed by atoms with Crippen LogP contribution in [0.25, 0.3) is 0 Å². The fourth-order valence-electron chi connectivity index (χ4n) is 1.46. The van der Waals surface area contributed by atoms with E-state index in [0.29, 0.717) is 12.5 Å². The summed E-state index contributed by atoms with van der Waals surface area (Å²) in [6, 6.07) is 9.90. The molecule has 2 heteroatoms. The molecular formula is C17H24O2. The molecule has 0 atom stereocenters. The molecule has 0 aliphatic heterocycles. The summed E-state index contributed by atoms with van der Waals surface area (Å²) in [6.07, 6.45) is 1.70. The Hall–Kier alpha value is -1.41. The number of rotatable bonds is 6. The molecule has 0 aromatic heterocycles. The van der Waals surface area contributed by atoms with E-state index in [9.17, 15) is 4.79 Å². The molecule has 0 heterocycles. The van der Waals surface area contributed by atoms with Gasteiger partial charge in [0.25, 0.3) is 0 Å². The molecule has 0 saturated heterocycles. The second-order valence-corrected chi connectivity index (χ2v) is 5.69. The zero-order valence-electron chi connectivity index (χ0n) is 12.6. The SMILES string of the molecule is C/C(=C\C(=O)C(C)(C)OCc1ccccc1)C(C)C. The Bertz CT molecular complexity index is 442. The first kappa shape index (κ1) is 15.6. The van der Waals surface area contributed by atoms with Crippen molar-refractivity contribution in [1.29, 1.82) is 0 Å². The summed E-state index contributed by atoms with van der Waals surface area (Å²) in [6.45, 7) is 10.2. The normalized spacial score (nSPS) is 12.8. The molecule has 0 spiro atoms. The molecule has 19 heavy (non-hydrogen) atoms. The highest BCUT2D eigenvalue weighted by atomic mass is 16.5. The predicted molar refractivity (Wildman–Crippen MR) is 78.9 cm³/mol. The number of allylic oxidation sites excluding steroid dienone is 1. The van der Waals surface area contributed by atoms with Crippen LogP contribution in [0.1, 0.15) is 40.2 Å². The number of benzene rings is 1. The van der Waals surface area contributed by atoms with Crippen molar-refractivity contribution < 1.29 is 9.53 Å². The van der Waals surface area contributed by atoms with Crippen molar-refractivity contribution in [2.45, 2.75) is 46.8 Å². The maximum atomic E-state index is 12.2. The molecule has 104 valence electrons. The Balaban J connectivity index is 2.65. The van der Waals surface area contributed by atoms with E-state index in [1.54, 1.807) is 6.08 Å². The fraction of sp³-hybridized carbons (Fsp3) is 0.471. The number of carbonyl (C=O) groups excluding carboxylic acids is 1. The summed E-state index contributed by atoms with van der Waals surface area (Å²) >= 11 is 0. The third-order valence-corrected chi connectivity index (χ3v) is 3.31. The largest absolute Gasteiger partial charge is 0.363 e. The first-order valence-electron chi connectivity index (χ1n) is 6.73. The molecule has 0 aliphatic rings. The van der Waals surface area contributed by atoms with E-state index < -0.39 is 5.60 Å². The van der Waals surface area contributed by atoms with Crippen LogP contribution in [0.5, 0.6) is 0 Å². The first-order valence-corrected chi connectivity index (χ1v) is 6.73. The summed E-state index contributed by atoms with van der Waals surface area (Å²) in [4.78, 5) is 12.2. The Morgan fingerprint density at radius 3 is 2.37 bits per heavy atom. The van der Waals surface area contributed by atoms with Crippen LogP contribution in [0.2, 0.25) is 0 Å². The third kappa shape index (κ3) is 4.99. The number of ether oxygens (including phenoxy) is 1. The van der Waals surface area contributed by atoms with Gasteiger partial charge in [-0.15, -0.1) is 0 Å². The van der Waals surface area contributed by atoms with Gasteiger partial charge in [0.2, 0.25) is 0 Å². The van der Waals surface area contributed by atoms with Gasteiger partial charge in [-0.2, -0.15) is 0 Å². The molecule has 0 radical (unpaired) electrons. The molecule has 0 unspecified atom stereocenters. The highest BCUT2D eigenvalue weighted by Gasteiger charge is 2.26. The molecule has 0 saturated carbocycles. The lowest BCUT2D eigenvalue weighted by atomic mass is 9.97. The van der Waals surface area contributed by atoms with Crippen LogP contribution in [0.4, 0.5) is 0 Å². The lowest BCUT2D eigenvalue weighted by Gasteiger charge is -2.23. The second kappa shape index (κ2) is 6.67. The van der Waals surface area contributed by atoms with Crippen molar-refractivity contribution in [2.24, 2.45) is 5.92 Å².